The smallest absolute Gasteiger partial charge is 0.351 e. The second-order valence-electron chi connectivity index (χ2n) is 7.17. The third-order valence-electron chi connectivity index (χ3n) is 4.94. The molecule has 2 aromatic rings. The minimum atomic E-state index is -0.874. The van der Waals surface area contributed by atoms with E-state index >= 15 is 0 Å². The van der Waals surface area contributed by atoms with Crippen LogP contribution < -0.4 is 22.7 Å². The van der Waals surface area contributed by atoms with Gasteiger partial charge in [0.2, 0.25) is 0 Å². The van der Waals surface area contributed by atoms with Crippen LogP contribution in [0.15, 0.2) is 38.9 Å². The summed E-state index contributed by atoms with van der Waals surface area (Å²) in [6.45, 7) is -0.237. The number of nitrogen functional groups attached to an aromatic ring is 1. The van der Waals surface area contributed by atoms with Crippen molar-refractivity contribution in [2.45, 2.75) is 50.0 Å². The Hall–Kier alpha value is -2.84. The Morgan fingerprint density at radius 2 is 1.77 bits per heavy atom. The van der Waals surface area contributed by atoms with Crippen molar-refractivity contribution < 1.29 is 24.8 Å². The van der Waals surface area contributed by atoms with Gasteiger partial charge in [0.05, 0.1) is 25.4 Å². The fourth-order valence-corrected chi connectivity index (χ4v) is 3.40. The third-order valence-corrected chi connectivity index (χ3v) is 4.94. The average molecular weight is 439 g/mol. The minimum absolute atomic E-state index is 0.0202. The zero-order valence-corrected chi connectivity index (χ0v) is 16.5. The molecule has 0 unspecified atom stereocenters. The molecule has 5 atom stereocenters. The Bertz CT molecular complexity index is 1050. The van der Waals surface area contributed by atoms with Gasteiger partial charge in [0.1, 0.15) is 18.1 Å². The summed E-state index contributed by atoms with van der Waals surface area (Å²) in [5.41, 5.74) is 3.81. The third kappa shape index (κ3) is 5.45. The number of aliphatic hydroxyl groups excluding tert-OH is 3. The number of nitrogens with one attached hydrogen (secondary N) is 1. The fraction of sp³-hybridized carbons (Fsp3) is 0.556. The van der Waals surface area contributed by atoms with Crippen LogP contribution in [0.2, 0.25) is 0 Å². The highest BCUT2D eigenvalue weighted by atomic mass is 16.5. The molecular formula is C18H25N5O8. The van der Waals surface area contributed by atoms with Crippen LogP contribution >= 0.6 is 0 Å². The molecule has 4 rings (SSSR count). The van der Waals surface area contributed by atoms with E-state index in [9.17, 15) is 19.5 Å². The molecule has 0 radical (unpaired) electrons. The summed E-state index contributed by atoms with van der Waals surface area (Å²) in [7, 11) is 0. The van der Waals surface area contributed by atoms with Crippen LogP contribution in [0.25, 0.3) is 0 Å². The molecule has 0 bridgehead atoms. The number of H-pyrrole nitrogens is 1. The Morgan fingerprint density at radius 1 is 1.06 bits per heavy atom. The molecule has 0 aromatic carbocycles. The van der Waals surface area contributed by atoms with Crippen molar-refractivity contribution in [3.05, 3.63) is 55.8 Å². The van der Waals surface area contributed by atoms with E-state index in [1.165, 1.54) is 16.8 Å². The molecule has 0 amide bonds. The molecular weight excluding hydrogens is 414 g/mol. The zero-order valence-electron chi connectivity index (χ0n) is 16.5. The maximum absolute atomic E-state index is 11.5. The molecule has 2 aromatic heterocycles. The second-order valence-corrected chi connectivity index (χ2v) is 7.17. The average Bonchev–Trinajstić information content (AvgIpc) is 3.35. The summed E-state index contributed by atoms with van der Waals surface area (Å²) in [6, 6.07) is 2.72. The number of rotatable bonds is 4. The molecule has 2 fully saturated rings. The van der Waals surface area contributed by atoms with Crippen LogP contribution in [0.3, 0.4) is 0 Å². The maximum Gasteiger partial charge on any atom is 0.351 e. The van der Waals surface area contributed by atoms with Crippen LogP contribution in [0, 0.1) is 0 Å². The lowest BCUT2D eigenvalue weighted by Crippen LogP contribution is -2.34. The number of aromatic amines is 1. The van der Waals surface area contributed by atoms with Crippen molar-refractivity contribution in [1.29, 1.82) is 0 Å². The molecule has 0 aliphatic carbocycles. The quantitative estimate of drug-likeness (QED) is 0.345. The molecule has 0 spiro atoms. The molecule has 170 valence electrons. The summed E-state index contributed by atoms with van der Waals surface area (Å²) in [5.74, 6) is 0.202. The van der Waals surface area contributed by atoms with Gasteiger partial charge in [-0.25, -0.2) is 9.59 Å². The highest BCUT2D eigenvalue weighted by molar-refractivity contribution is 5.23. The van der Waals surface area contributed by atoms with Gasteiger partial charge in [-0.3, -0.25) is 18.9 Å². The summed E-state index contributed by atoms with van der Waals surface area (Å²) in [5, 5.41) is 27.4. The van der Waals surface area contributed by atoms with E-state index in [0.29, 0.717) is 6.42 Å². The van der Waals surface area contributed by atoms with Gasteiger partial charge in [-0.2, -0.15) is 4.98 Å². The van der Waals surface area contributed by atoms with E-state index in [1.807, 2.05) is 0 Å². The lowest BCUT2D eigenvalue weighted by molar-refractivity contribution is -0.0530. The summed E-state index contributed by atoms with van der Waals surface area (Å²) in [6.07, 6.45) is 1.80. The van der Waals surface area contributed by atoms with Crippen molar-refractivity contribution in [1.82, 2.24) is 19.1 Å². The Labute approximate surface area is 175 Å². The zero-order chi connectivity index (χ0) is 22.5. The highest BCUT2D eigenvalue weighted by Crippen LogP contribution is 2.27. The number of nitrogens with two attached hydrogens (primary N) is 1. The molecule has 31 heavy (non-hydrogen) atoms. The predicted octanol–water partition coefficient (Wildman–Crippen LogP) is -2.33. The number of hydrogen-bond donors (Lipinski definition) is 5. The first-order valence-electron chi connectivity index (χ1n) is 9.69. The SMILES string of the molecule is Nc1ccn([C@H]2CC[C@@H](CO)O2)c(=O)n1.O=c1ccn([C@@H]2O[C@H](CO)C[C@H]2O)c(=O)[nH]1. The topological polar surface area (TPSA) is 195 Å². The summed E-state index contributed by atoms with van der Waals surface area (Å²) in [4.78, 5) is 39.4. The number of anilines is 1. The number of ether oxygens (including phenoxy) is 2. The first-order chi connectivity index (χ1) is 14.8. The molecule has 4 heterocycles. The lowest BCUT2D eigenvalue weighted by Gasteiger charge is -2.16. The molecule has 2 aliphatic heterocycles. The van der Waals surface area contributed by atoms with Crippen molar-refractivity contribution in [3.8, 4) is 0 Å². The van der Waals surface area contributed by atoms with Crippen LogP contribution in [0.1, 0.15) is 31.7 Å². The molecule has 13 heteroatoms. The van der Waals surface area contributed by atoms with Crippen LogP contribution in [0.4, 0.5) is 5.82 Å². The van der Waals surface area contributed by atoms with E-state index in [4.69, 9.17) is 25.4 Å². The van der Waals surface area contributed by atoms with Gasteiger partial charge in [0, 0.05) is 24.9 Å². The molecule has 13 nitrogen and oxygen atoms in total. The number of nitrogens with zero attached hydrogens (tertiary/aromatic N) is 3. The lowest BCUT2D eigenvalue weighted by atomic mass is 10.2. The largest absolute Gasteiger partial charge is 0.394 e. The summed E-state index contributed by atoms with van der Waals surface area (Å²) < 4.78 is 13.2. The van der Waals surface area contributed by atoms with Gasteiger partial charge >= 0.3 is 11.4 Å². The first-order valence-corrected chi connectivity index (χ1v) is 9.69. The van der Waals surface area contributed by atoms with E-state index in [-0.39, 0.29) is 37.8 Å². The van der Waals surface area contributed by atoms with E-state index in [2.05, 4.69) is 9.97 Å². The standard InChI is InChI=1S/C9H13N3O3.C9H12N2O5/c10-7-3-4-12(9(14)11-7)8-2-1-6(5-13)15-8;12-4-5-3-6(13)8(16-5)11-2-1-7(14)10-9(11)15/h3-4,6,8,13H,1-2,5H2,(H2,10,11,14);1-2,5-6,8,12-13H,3-4H2,(H,10,14,15)/t6-,8+;5-,6+,8+/m00/s1. The fourth-order valence-electron chi connectivity index (χ4n) is 3.40. The Balaban J connectivity index is 0.000000176. The van der Waals surface area contributed by atoms with Crippen molar-refractivity contribution in [2.24, 2.45) is 0 Å². The minimum Gasteiger partial charge on any atom is -0.394 e. The van der Waals surface area contributed by atoms with Crippen molar-refractivity contribution in [3.63, 3.8) is 0 Å². The van der Waals surface area contributed by atoms with Gasteiger partial charge in [0.25, 0.3) is 5.56 Å². The second kappa shape index (κ2) is 9.98. The van der Waals surface area contributed by atoms with Gasteiger partial charge in [-0.15, -0.1) is 0 Å². The number of hydrogen-bond acceptors (Lipinski definition) is 10. The number of aliphatic hydroxyl groups is 3. The number of aromatic nitrogens is 4. The maximum atomic E-state index is 11.5. The monoisotopic (exact) mass is 439 g/mol. The van der Waals surface area contributed by atoms with E-state index < -0.39 is 35.4 Å². The van der Waals surface area contributed by atoms with E-state index in [1.54, 1.807) is 12.3 Å². The van der Waals surface area contributed by atoms with Gasteiger partial charge in [-0.1, -0.05) is 0 Å². The van der Waals surface area contributed by atoms with Gasteiger partial charge in [0.15, 0.2) is 6.23 Å². The first kappa shape index (κ1) is 22.8. The Morgan fingerprint density at radius 3 is 2.35 bits per heavy atom. The molecule has 0 saturated carbocycles. The van der Waals surface area contributed by atoms with Crippen LogP contribution in [-0.2, 0) is 9.47 Å². The van der Waals surface area contributed by atoms with Gasteiger partial charge < -0.3 is 30.5 Å². The normalized spacial score (nSPS) is 27.6. The van der Waals surface area contributed by atoms with Crippen LogP contribution in [-0.4, -0.2) is 65.9 Å². The van der Waals surface area contributed by atoms with Crippen molar-refractivity contribution >= 4 is 5.82 Å². The molecule has 2 aliphatic rings. The molecule has 2 saturated heterocycles. The predicted molar refractivity (Wildman–Crippen MR) is 106 cm³/mol. The molecule has 6 N–H and O–H groups in total. The Kier molecular flexibility index (Phi) is 7.35. The van der Waals surface area contributed by atoms with Gasteiger partial charge in [-0.05, 0) is 18.9 Å². The summed E-state index contributed by atoms with van der Waals surface area (Å²) >= 11 is 0. The van der Waals surface area contributed by atoms with Crippen molar-refractivity contribution in [2.75, 3.05) is 18.9 Å². The highest BCUT2D eigenvalue weighted by Gasteiger charge is 2.35. The van der Waals surface area contributed by atoms with E-state index in [0.717, 1.165) is 11.0 Å². The van der Waals surface area contributed by atoms with Crippen LogP contribution in [0.5, 0.6) is 0 Å².